The van der Waals surface area contributed by atoms with Gasteiger partial charge in [0.05, 0.1) is 22.2 Å². The summed E-state index contributed by atoms with van der Waals surface area (Å²) < 4.78 is 4.26. The van der Waals surface area contributed by atoms with Gasteiger partial charge in [0.15, 0.2) is 5.82 Å². The van der Waals surface area contributed by atoms with Gasteiger partial charge < -0.3 is 4.57 Å². The molecule has 0 fully saturated rings. The standard InChI is InChI=1S/C43H25N5/c1-2-10-27(11-3-1)41-34-15-6-7-18-35(34)48-43(44-41)45-42(46-48)28-20-23-29(24-21-28)47-36-19-9-17-33-31-14-5-4-13-30(31)32-16-8-12-26-22-25-37(47)40(38(26)32)39(33)36/h1-25H. The molecule has 1 aliphatic carbocycles. The SMILES string of the molecule is c1ccc(-c2nc3nc(-c4ccc(-n5c6cccc7c6c6c8c(cccc8ccc65)-c5ccccc5-7)cc4)nn3c3ccccc23)cc1. The molecule has 11 rings (SSSR count). The number of nitrogens with zero attached hydrogens (tertiary/aromatic N) is 5. The van der Waals surface area contributed by atoms with Gasteiger partial charge in [-0.05, 0) is 75.5 Å². The summed E-state index contributed by atoms with van der Waals surface area (Å²) in [5.41, 5.74) is 12.5. The van der Waals surface area contributed by atoms with E-state index in [4.69, 9.17) is 15.1 Å². The summed E-state index contributed by atoms with van der Waals surface area (Å²) in [7, 11) is 0. The minimum Gasteiger partial charge on any atom is -0.309 e. The molecule has 0 N–H and O–H groups in total. The normalized spacial score (nSPS) is 12.2. The molecule has 0 atom stereocenters. The molecule has 0 bridgehead atoms. The van der Waals surface area contributed by atoms with Crippen LogP contribution in [0.15, 0.2) is 152 Å². The molecule has 0 amide bonds. The number of fused-ring (bicyclic) bond motifs is 6. The van der Waals surface area contributed by atoms with Gasteiger partial charge in [-0.15, -0.1) is 5.10 Å². The number of para-hydroxylation sites is 1. The Balaban J connectivity index is 1.10. The zero-order valence-electron chi connectivity index (χ0n) is 25.7. The van der Waals surface area contributed by atoms with Crippen LogP contribution < -0.4 is 0 Å². The Kier molecular flexibility index (Phi) is 5.05. The van der Waals surface area contributed by atoms with Crippen molar-refractivity contribution in [2.45, 2.75) is 0 Å². The predicted molar refractivity (Wildman–Crippen MR) is 195 cm³/mol. The van der Waals surface area contributed by atoms with Gasteiger partial charge >= 0.3 is 0 Å². The van der Waals surface area contributed by atoms with Crippen LogP contribution in [-0.4, -0.2) is 24.1 Å². The molecule has 5 nitrogen and oxygen atoms in total. The Morgan fingerprint density at radius 3 is 1.92 bits per heavy atom. The second-order valence-corrected chi connectivity index (χ2v) is 12.5. The first-order valence-electron chi connectivity index (χ1n) is 16.2. The van der Waals surface area contributed by atoms with Crippen molar-refractivity contribution in [2.24, 2.45) is 0 Å². The van der Waals surface area contributed by atoms with Crippen molar-refractivity contribution in [3.63, 3.8) is 0 Å². The molecular weight excluding hydrogens is 587 g/mol. The molecule has 5 heteroatoms. The van der Waals surface area contributed by atoms with Crippen molar-refractivity contribution in [3.05, 3.63) is 152 Å². The van der Waals surface area contributed by atoms with Crippen LogP contribution in [0.2, 0.25) is 0 Å². The van der Waals surface area contributed by atoms with Crippen LogP contribution in [-0.2, 0) is 0 Å². The average molecular weight is 612 g/mol. The first-order valence-corrected chi connectivity index (χ1v) is 16.2. The lowest BCUT2D eigenvalue weighted by Crippen LogP contribution is -1.97. The van der Waals surface area contributed by atoms with Gasteiger partial charge in [-0.3, -0.25) is 0 Å². The van der Waals surface area contributed by atoms with E-state index in [1.807, 2.05) is 34.8 Å². The van der Waals surface area contributed by atoms with Crippen molar-refractivity contribution in [1.82, 2.24) is 24.1 Å². The summed E-state index contributed by atoms with van der Waals surface area (Å²) in [5.74, 6) is 1.23. The van der Waals surface area contributed by atoms with Crippen LogP contribution in [0.4, 0.5) is 0 Å². The van der Waals surface area contributed by atoms with Gasteiger partial charge in [0.2, 0.25) is 0 Å². The Hall–Kier alpha value is -6.59. The van der Waals surface area contributed by atoms with E-state index in [9.17, 15) is 0 Å². The molecule has 222 valence electrons. The first kappa shape index (κ1) is 25.6. The van der Waals surface area contributed by atoms with Gasteiger partial charge in [-0.1, -0.05) is 109 Å². The summed E-state index contributed by atoms with van der Waals surface area (Å²) in [4.78, 5) is 9.92. The van der Waals surface area contributed by atoms with Gasteiger partial charge in [0.25, 0.3) is 5.78 Å². The van der Waals surface area contributed by atoms with E-state index in [1.54, 1.807) is 0 Å². The van der Waals surface area contributed by atoms with Gasteiger partial charge in [0.1, 0.15) is 0 Å². The Morgan fingerprint density at radius 1 is 0.417 bits per heavy atom. The van der Waals surface area contributed by atoms with Crippen LogP contribution in [0.3, 0.4) is 0 Å². The molecule has 3 heterocycles. The predicted octanol–water partition coefficient (Wildman–Crippen LogP) is 10.5. The highest BCUT2D eigenvalue weighted by Gasteiger charge is 2.24. The molecule has 0 aliphatic heterocycles. The summed E-state index contributed by atoms with van der Waals surface area (Å²) in [6, 6.07) is 53.9. The maximum absolute atomic E-state index is 4.99. The molecule has 48 heavy (non-hydrogen) atoms. The van der Waals surface area contributed by atoms with Crippen LogP contribution in [0.25, 0.3) is 99.8 Å². The molecule has 0 saturated heterocycles. The summed E-state index contributed by atoms with van der Waals surface area (Å²) in [5, 5.41) is 11.2. The van der Waals surface area contributed by atoms with Crippen molar-refractivity contribution >= 4 is 49.3 Å². The molecule has 1 aliphatic rings. The van der Waals surface area contributed by atoms with Crippen LogP contribution in [0.5, 0.6) is 0 Å². The molecule has 3 aromatic heterocycles. The molecular formula is C43H25N5. The maximum atomic E-state index is 4.99. The van der Waals surface area contributed by atoms with Crippen molar-refractivity contribution in [3.8, 4) is 50.6 Å². The lowest BCUT2D eigenvalue weighted by Gasteiger charge is -2.13. The Morgan fingerprint density at radius 2 is 1.08 bits per heavy atom. The number of hydrogen-bond donors (Lipinski definition) is 0. The average Bonchev–Trinajstić information content (AvgIpc) is 3.71. The van der Waals surface area contributed by atoms with Crippen molar-refractivity contribution < 1.29 is 0 Å². The topological polar surface area (TPSA) is 48.0 Å². The van der Waals surface area contributed by atoms with Crippen LogP contribution >= 0.6 is 0 Å². The number of aromatic nitrogens is 5. The van der Waals surface area contributed by atoms with Gasteiger partial charge in [0, 0.05) is 33.0 Å². The minimum atomic E-state index is 0.582. The van der Waals surface area contributed by atoms with Gasteiger partial charge in [-0.2, -0.15) is 9.50 Å². The minimum absolute atomic E-state index is 0.582. The third kappa shape index (κ3) is 3.42. The van der Waals surface area contributed by atoms with E-state index >= 15 is 0 Å². The highest BCUT2D eigenvalue weighted by Crippen LogP contribution is 2.49. The highest BCUT2D eigenvalue weighted by molar-refractivity contribution is 6.30. The monoisotopic (exact) mass is 611 g/mol. The number of benzene rings is 7. The zero-order valence-corrected chi connectivity index (χ0v) is 25.7. The maximum Gasteiger partial charge on any atom is 0.253 e. The first-order chi connectivity index (χ1) is 23.8. The fraction of sp³-hybridized carbons (Fsp3) is 0. The molecule has 10 aromatic rings. The molecule has 0 spiro atoms. The second kappa shape index (κ2) is 9.47. The lowest BCUT2D eigenvalue weighted by atomic mass is 9.93. The lowest BCUT2D eigenvalue weighted by molar-refractivity contribution is 0.988. The van der Waals surface area contributed by atoms with Gasteiger partial charge in [-0.25, -0.2) is 4.98 Å². The van der Waals surface area contributed by atoms with Crippen LogP contribution in [0.1, 0.15) is 0 Å². The number of hydrogen-bond acceptors (Lipinski definition) is 3. The fourth-order valence-electron chi connectivity index (χ4n) is 7.86. The Labute approximate surface area is 275 Å². The molecule has 0 radical (unpaired) electrons. The largest absolute Gasteiger partial charge is 0.309 e. The quantitative estimate of drug-likeness (QED) is 0.200. The molecule has 0 saturated carbocycles. The van der Waals surface area contributed by atoms with Crippen molar-refractivity contribution in [1.29, 1.82) is 0 Å². The third-order valence-electron chi connectivity index (χ3n) is 9.93. The van der Waals surface area contributed by atoms with E-state index in [-0.39, 0.29) is 0 Å². The molecule has 7 aromatic carbocycles. The van der Waals surface area contributed by atoms with E-state index in [0.29, 0.717) is 11.6 Å². The fourth-order valence-corrected chi connectivity index (χ4v) is 7.86. The smallest absolute Gasteiger partial charge is 0.253 e. The van der Waals surface area contributed by atoms with E-state index in [0.717, 1.165) is 33.4 Å². The number of rotatable bonds is 3. The van der Waals surface area contributed by atoms with E-state index < -0.39 is 0 Å². The Bertz CT molecular complexity index is 2930. The van der Waals surface area contributed by atoms with Crippen molar-refractivity contribution in [2.75, 3.05) is 0 Å². The summed E-state index contributed by atoms with van der Waals surface area (Å²) in [6.45, 7) is 0. The van der Waals surface area contributed by atoms with Crippen LogP contribution in [0, 0.1) is 0 Å². The van der Waals surface area contributed by atoms with E-state index in [1.165, 1.54) is 54.8 Å². The summed E-state index contributed by atoms with van der Waals surface area (Å²) in [6.07, 6.45) is 0. The highest BCUT2D eigenvalue weighted by atomic mass is 15.3. The molecule has 0 unspecified atom stereocenters. The third-order valence-corrected chi connectivity index (χ3v) is 9.93. The second-order valence-electron chi connectivity index (χ2n) is 12.5. The summed E-state index contributed by atoms with van der Waals surface area (Å²) >= 11 is 0. The van der Waals surface area contributed by atoms with E-state index in [2.05, 4.69) is 126 Å². The zero-order chi connectivity index (χ0) is 31.3.